The Bertz CT molecular complexity index is 844. The van der Waals surface area contributed by atoms with Gasteiger partial charge in [-0.2, -0.15) is 0 Å². The van der Waals surface area contributed by atoms with Crippen molar-refractivity contribution >= 4 is 11.9 Å². The molecule has 0 spiro atoms. The Morgan fingerprint density at radius 2 is 1.78 bits per heavy atom. The van der Waals surface area contributed by atoms with E-state index in [1.165, 1.54) is 0 Å². The summed E-state index contributed by atoms with van der Waals surface area (Å²) in [6.45, 7) is 7.50. The molecular formula is C22H25NO4. The summed E-state index contributed by atoms with van der Waals surface area (Å²) in [7, 11) is 0. The smallest absolute Gasteiger partial charge is 0.339 e. The van der Waals surface area contributed by atoms with Crippen LogP contribution in [0, 0.1) is 0 Å². The molecule has 0 saturated carbocycles. The molecule has 1 N–H and O–H groups in total. The number of ether oxygens (including phenoxy) is 2. The standard InChI is InChI=1S/C22H25NO4/c1-14(2)26-18-11-9-16(10-12-18)15(3)23-21(25)22(4)13-17-7-5-6-8-19(17)20(24)27-22/h5-12,14-15H,13H2,1-4H3,(H,23,25). The maximum Gasteiger partial charge on any atom is 0.339 e. The topological polar surface area (TPSA) is 64.6 Å². The fourth-order valence-corrected chi connectivity index (χ4v) is 3.20. The first-order valence-corrected chi connectivity index (χ1v) is 9.17. The second-order valence-electron chi connectivity index (χ2n) is 7.39. The van der Waals surface area contributed by atoms with Crippen molar-refractivity contribution in [2.75, 3.05) is 0 Å². The predicted molar refractivity (Wildman–Crippen MR) is 103 cm³/mol. The van der Waals surface area contributed by atoms with Gasteiger partial charge in [0.15, 0.2) is 5.60 Å². The highest BCUT2D eigenvalue weighted by atomic mass is 16.6. The van der Waals surface area contributed by atoms with Crippen molar-refractivity contribution in [2.45, 2.75) is 51.9 Å². The normalized spacial score (nSPS) is 19.8. The van der Waals surface area contributed by atoms with Crippen molar-refractivity contribution in [3.8, 4) is 5.75 Å². The van der Waals surface area contributed by atoms with E-state index >= 15 is 0 Å². The van der Waals surface area contributed by atoms with Gasteiger partial charge >= 0.3 is 5.97 Å². The number of rotatable bonds is 5. The molecule has 0 aromatic heterocycles. The number of hydrogen-bond donors (Lipinski definition) is 1. The second-order valence-corrected chi connectivity index (χ2v) is 7.39. The van der Waals surface area contributed by atoms with Gasteiger partial charge in [0.25, 0.3) is 5.91 Å². The molecular weight excluding hydrogens is 342 g/mol. The maximum atomic E-state index is 12.9. The van der Waals surface area contributed by atoms with Crippen LogP contribution in [0.4, 0.5) is 0 Å². The molecule has 5 heteroatoms. The van der Waals surface area contributed by atoms with E-state index in [9.17, 15) is 9.59 Å². The van der Waals surface area contributed by atoms with E-state index in [2.05, 4.69) is 5.32 Å². The molecule has 0 aliphatic carbocycles. The summed E-state index contributed by atoms with van der Waals surface area (Å²) >= 11 is 0. The summed E-state index contributed by atoms with van der Waals surface area (Å²) in [5.74, 6) is 0.0229. The fraction of sp³-hybridized carbons (Fsp3) is 0.364. The zero-order valence-corrected chi connectivity index (χ0v) is 16.1. The first-order valence-electron chi connectivity index (χ1n) is 9.17. The van der Waals surface area contributed by atoms with Gasteiger partial charge in [-0.15, -0.1) is 0 Å². The Morgan fingerprint density at radius 1 is 1.11 bits per heavy atom. The lowest BCUT2D eigenvalue weighted by molar-refractivity contribution is -0.140. The van der Waals surface area contributed by atoms with Crippen molar-refractivity contribution in [1.29, 1.82) is 0 Å². The first kappa shape index (κ1) is 19.0. The van der Waals surface area contributed by atoms with Crippen molar-refractivity contribution in [3.63, 3.8) is 0 Å². The zero-order valence-electron chi connectivity index (χ0n) is 16.1. The molecule has 2 aromatic carbocycles. The molecule has 2 unspecified atom stereocenters. The van der Waals surface area contributed by atoms with Crippen LogP contribution in [0.5, 0.6) is 5.75 Å². The van der Waals surface area contributed by atoms with Crippen LogP contribution in [-0.4, -0.2) is 23.6 Å². The minimum atomic E-state index is -1.22. The third kappa shape index (κ3) is 4.13. The molecule has 3 rings (SSSR count). The minimum Gasteiger partial charge on any atom is -0.491 e. The van der Waals surface area contributed by atoms with Crippen molar-refractivity contribution in [1.82, 2.24) is 5.32 Å². The highest BCUT2D eigenvalue weighted by molar-refractivity contribution is 5.97. The minimum absolute atomic E-state index is 0.108. The highest BCUT2D eigenvalue weighted by Gasteiger charge is 2.42. The number of nitrogens with one attached hydrogen (secondary N) is 1. The zero-order chi connectivity index (χ0) is 19.6. The van der Waals surface area contributed by atoms with Gasteiger partial charge in [0.05, 0.1) is 17.7 Å². The van der Waals surface area contributed by atoms with Crippen LogP contribution < -0.4 is 10.1 Å². The van der Waals surface area contributed by atoms with E-state index in [0.717, 1.165) is 16.9 Å². The third-order valence-corrected chi connectivity index (χ3v) is 4.66. The van der Waals surface area contributed by atoms with E-state index in [4.69, 9.17) is 9.47 Å². The summed E-state index contributed by atoms with van der Waals surface area (Å²) in [5, 5.41) is 2.96. The van der Waals surface area contributed by atoms with Gasteiger partial charge in [-0.3, -0.25) is 4.79 Å². The van der Waals surface area contributed by atoms with Gasteiger partial charge in [-0.25, -0.2) is 4.79 Å². The summed E-state index contributed by atoms with van der Waals surface area (Å²) in [6.07, 6.45) is 0.464. The van der Waals surface area contributed by atoms with Crippen LogP contribution in [0.1, 0.15) is 55.2 Å². The Morgan fingerprint density at radius 3 is 2.44 bits per heavy atom. The van der Waals surface area contributed by atoms with Gasteiger partial charge in [-0.1, -0.05) is 30.3 Å². The molecule has 0 fully saturated rings. The van der Waals surface area contributed by atoms with Crippen molar-refractivity contribution in [2.24, 2.45) is 0 Å². The number of carbonyl (C=O) groups is 2. The molecule has 1 amide bonds. The Hall–Kier alpha value is -2.82. The number of cyclic esters (lactones) is 1. The molecule has 0 saturated heterocycles. The lowest BCUT2D eigenvalue weighted by atomic mass is 9.89. The van der Waals surface area contributed by atoms with Crippen LogP contribution >= 0.6 is 0 Å². The van der Waals surface area contributed by atoms with Crippen LogP contribution in [0.3, 0.4) is 0 Å². The van der Waals surface area contributed by atoms with Gasteiger partial charge in [-0.05, 0) is 57.0 Å². The van der Waals surface area contributed by atoms with Gasteiger partial charge in [0.2, 0.25) is 0 Å². The Balaban J connectivity index is 1.70. The fourth-order valence-electron chi connectivity index (χ4n) is 3.20. The quantitative estimate of drug-likeness (QED) is 0.816. The van der Waals surface area contributed by atoms with E-state index < -0.39 is 11.6 Å². The summed E-state index contributed by atoms with van der Waals surface area (Å²) in [6, 6.07) is 14.6. The van der Waals surface area contributed by atoms with E-state index in [-0.39, 0.29) is 18.1 Å². The van der Waals surface area contributed by atoms with Crippen molar-refractivity contribution in [3.05, 3.63) is 65.2 Å². The largest absolute Gasteiger partial charge is 0.491 e. The molecule has 0 bridgehead atoms. The summed E-state index contributed by atoms with van der Waals surface area (Å²) in [4.78, 5) is 25.1. The first-order chi connectivity index (χ1) is 12.8. The van der Waals surface area contributed by atoms with E-state index in [1.807, 2.05) is 57.2 Å². The Labute approximate surface area is 159 Å². The lowest BCUT2D eigenvalue weighted by Crippen LogP contribution is -2.52. The maximum absolute atomic E-state index is 12.9. The molecule has 142 valence electrons. The number of benzene rings is 2. The van der Waals surface area contributed by atoms with Crippen LogP contribution in [0.15, 0.2) is 48.5 Å². The number of carbonyl (C=O) groups excluding carboxylic acids is 2. The summed E-state index contributed by atoms with van der Waals surface area (Å²) < 4.78 is 11.1. The molecule has 5 nitrogen and oxygen atoms in total. The van der Waals surface area contributed by atoms with Gasteiger partial charge in [0, 0.05) is 6.42 Å². The van der Waals surface area contributed by atoms with Gasteiger partial charge < -0.3 is 14.8 Å². The predicted octanol–water partition coefficient (Wildman–Crippen LogP) is 3.82. The number of hydrogen-bond acceptors (Lipinski definition) is 4. The van der Waals surface area contributed by atoms with Crippen LogP contribution in [0.25, 0.3) is 0 Å². The van der Waals surface area contributed by atoms with Crippen LogP contribution in [-0.2, 0) is 16.0 Å². The van der Waals surface area contributed by atoms with Crippen LogP contribution in [0.2, 0.25) is 0 Å². The third-order valence-electron chi connectivity index (χ3n) is 4.66. The number of fused-ring (bicyclic) bond motifs is 1. The summed E-state index contributed by atoms with van der Waals surface area (Å²) in [5.41, 5.74) is 1.08. The molecule has 2 aromatic rings. The second kappa shape index (κ2) is 7.43. The monoisotopic (exact) mass is 367 g/mol. The lowest BCUT2D eigenvalue weighted by Gasteiger charge is -2.34. The molecule has 0 radical (unpaired) electrons. The highest BCUT2D eigenvalue weighted by Crippen LogP contribution is 2.29. The van der Waals surface area contributed by atoms with E-state index in [0.29, 0.717) is 12.0 Å². The number of esters is 1. The average Bonchev–Trinajstić information content (AvgIpc) is 2.61. The SMILES string of the molecule is CC(C)Oc1ccc(C(C)NC(=O)C2(C)Cc3ccccc3C(=O)O2)cc1. The molecule has 27 heavy (non-hydrogen) atoms. The molecule has 1 heterocycles. The van der Waals surface area contributed by atoms with Crippen molar-refractivity contribution < 1.29 is 19.1 Å². The van der Waals surface area contributed by atoms with Gasteiger partial charge in [0.1, 0.15) is 5.75 Å². The molecule has 1 aliphatic rings. The molecule has 1 aliphatic heterocycles. The van der Waals surface area contributed by atoms with E-state index in [1.54, 1.807) is 19.1 Å². The Kier molecular flexibility index (Phi) is 5.22. The number of amides is 1. The molecule has 2 atom stereocenters. The average molecular weight is 367 g/mol.